The van der Waals surface area contributed by atoms with Gasteiger partial charge in [0, 0.05) is 17.8 Å². The normalized spacial score (nSPS) is 15.0. The zero-order valence-corrected chi connectivity index (χ0v) is 20.2. The molecule has 1 aliphatic heterocycles. The van der Waals surface area contributed by atoms with Crippen molar-refractivity contribution in [3.63, 3.8) is 0 Å². The summed E-state index contributed by atoms with van der Waals surface area (Å²) < 4.78 is 57.0. The van der Waals surface area contributed by atoms with Gasteiger partial charge in [0.25, 0.3) is 0 Å². The van der Waals surface area contributed by atoms with Crippen molar-refractivity contribution in [2.24, 2.45) is 0 Å². The van der Waals surface area contributed by atoms with Gasteiger partial charge in [-0.1, -0.05) is 41.6 Å². The first kappa shape index (κ1) is 24.3. The molecule has 2 aromatic heterocycles. The molecule has 1 aliphatic rings. The Kier molecular flexibility index (Phi) is 6.23. The van der Waals surface area contributed by atoms with Gasteiger partial charge < -0.3 is 19.1 Å². The lowest BCUT2D eigenvalue weighted by Gasteiger charge is -2.16. The number of halogens is 3. The molecular weight excluding hydrogens is 511 g/mol. The molecule has 11 heteroatoms. The molecule has 0 bridgehead atoms. The van der Waals surface area contributed by atoms with E-state index in [1.165, 1.54) is 29.3 Å². The minimum absolute atomic E-state index is 0.00775. The first-order valence-corrected chi connectivity index (χ1v) is 12.0. The summed E-state index contributed by atoms with van der Waals surface area (Å²) in [6.45, 7) is 0.300. The number of ether oxygens (including phenoxy) is 1. The second-order valence-electron chi connectivity index (χ2n) is 8.86. The average Bonchev–Trinajstić information content (AvgIpc) is 3.69. The molecule has 1 atom stereocenters. The summed E-state index contributed by atoms with van der Waals surface area (Å²) in [5.41, 5.74) is 1.30. The number of carbonyl (C=O) groups is 1. The standard InChI is InChI=1S/C28H20F3N5O3/c29-21-10-18(6-7-25(21)35-15-24(33-16-35)17-4-2-1-3-5-17)27-22(30)11-19(12-23(27)31)36-14-20(39-28(36)37)13-32-26-8-9-38-34-26/h1-12,15-16,20H,13-14H2,(H,32,34). The molecule has 1 amide bonds. The van der Waals surface area contributed by atoms with Crippen molar-refractivity contribution in [2.75, 3.05) is 23.3 Å². The summed E-state index contributed by atoms with van der Waals surface area (Å²) in [5.74, 6) is -2.10. The van der Waals surface area contributed by atoms with Crippen molar-refractivity contribution in [3.8, 4) is 28.1 Å². The number of hydrogen-bond donors (Lipinski definition) is 1. The Bertz CT molecular complexity index is 1620. The number of hydrogen-bond acceptors (Lipinski definition) is 6. The first-order valence-electron chi connectivity index (χ1n) is 12.0. The molecule has 8 nitrogen and oxygen atoms in total. The van der Waals surface area contributed by atoms with Crippen LogP contribution in [-0.2, 0) is 4.74 Å². The van der Waals surface area contributed by atoms with Crippen molar-refractivity contribution >= 4 is 17.6 Å². The summed E-state index contributed by atoms with van der Waals surface area (Å²) in [4.78, 5) is 17.8. The second kappa shape index (κ2) is 10.0. The number of amides is 1. The third kappa shape index (κ3) is 4.81. The van der Waals surface area contributed by atoms with Crippen LogP contribution in [0.2, 0.25) is 0 Å². The van der Waals surface area contributed by atoms with Crippen molar-refractivity contribution in [1.29, 1.82) is 0 Å². The van der Waals surface area contributed by atoms with Crippen LogP contribution < -0.4 is 10.2 Å². The smallest absolute Gasteiger partial charge is 0.414 e. The van der Waals surface area contributed by atoms with Gasteiger partial charge in [0.2, 0.25) is 0 Å². The highest BCUT2D eigenvalue weighted by Crippen LogP contribution is 2.33. The lowest BCUT2D eigenvalue weighted by Crippen LogP contribution is -2.27. The molecule has 0 spiro atoms. The number of carbonyl (C=O) groups excluding carboxylic acids is 1. The SMILES string of the molecule is O=C1OC(CNc2ccon2)CN1c1cc(F)c(-c2ccc(-n3cnc(-c4ccccc4)c3)c(F)c2)c(F)c1. The van der Waals surface area contributed by atoms with Crippen LogP contribution in [-0.4, -0.2) is 40.0 Å². The maximum Gasteiger partial charge on any atom is 0.414 e. The van der Waals surface area contributed by atoms with Gasteiger partial charge in [-0.2, -0.15) is 0 Å². The monoisotopic (exact) mass is 531 g/mol. The number of nitrogens with zero attached hydrogens (tertiary/aromatic N) is 4. The Morgan fingerprint density at radius 2 is 1.74 bits per heavy atom. The molecule has 3 aromatic carbocycles. The minimum atomic E-state index is -0.942. The number of imidazole rings is 1. The lowest BCUT2D eigenvalue weighted by atomic mass is 10.0. The van der Waals surface area contributed by atoms with Gasteiger partial charge in [-0.05, 0) is 29.8 Å². The van der Waals surface area contributed by atoms with Crippen LogP contribution in [0.3, 0.4) is 0 Å². The summed E-state index contributed by atoms with van der Waals surface area (Å²) in [6.07, 6.45) is 3.22. The summed E-state index contributed by atoms with van der Waals surface area (Å²) in [6, 6.07) is 17.0. The highest BCUT2D eigenvalue weighted by molar-refractivity contribution is 5.90. The number of aromatic nitrogens is 3. The topological polar surface area (TPSA) is 85.4 Å². The van der Waals surface area contributed by atoms with Crippen molar-refractivity contribution in [1.82, 2.24) is 14.7 Å². The van der Waals surface area contributed by atoms with Crippen molar-refractivity contribution in [2.45, 2.75) is 6.10 Å². The van der Waals surface area contributed by atoms with E-state index < -0.39 is 35.2 Å². The fourth-order valence-corrected chi connectivity index (χ4v) is 4.44. The second-order valence-corrected chi connectivity index (χ2v) is 8.86. The van der Waals surface area contributed by atoms with Crippen LogP contribution in [0, 0.1) is 17.5 Å². The Morgan fingerprint density at radius 1 is 0.949 bits per heavy atom. The van der Waals surface area contributed by atoms with Crippen LogP contribution in [0.1, 0.15) is 0 Å². The third-order valence-electron chi connectivity index (χ3n) is 6.33. The highest BCUT2D eigenvalue weighted by atomic mass is 19.1. The van der Waals surface area contributed by atoms with E-state index in [0.29, 0.717) is 11.5 Å². The third-order valence-corrected chi connectivity index (χ3v) is 6.33. The molecule has 0 aliphatic carbocycles. The number of anilines is 2. The molecule has 5 aromatic rings. The average molecular weight is 531 g/mol. The van der Waals surface area contributed by atoms with E-state index in [2.05, 4.69) is 15.5 Å². The molecule has 1 unspecified atom stereocenters. The summed E-state index contributed by atoms with van der Waals surface area (Å²) in [5, 5.41) is 6.65. The Morgan fingerprint density at radius 3 is 2.46 bits per heavy atom. The molecule has 0 radical (unpaired) electrons. The molecule has 1 saturated heterocycles. The van der Waals surface area contributed by atoms with Crippen molar-refractivity contribution in [3.05, 3.63) is 103 Å². The maximum atomic E-state index is 15.2. The Hall–Kier alpha value is -5.06. The van der Waals surface area contributed by atoms with E-state index in [1.54, 1.807) is 12.3 Å². The van der Waals surface area contributed by atoms with Gasteiger partial charge in [0.05, 0.1) is 35.7 Å². The van der Waals surface area contributed by atoms with Gasteiger partial charge in [-0.15, -0.1) is 0 Å². The predicted octanol–water partition coefficient (Wildman–Crippen LogP) is 6.05. The van der Waals surface area contributed by atoms with Crippen LogP contribution in [0.5, 0.6) is 0 Å². The maximum absolute atomic E-state index is 15.2. The van der Waals surface area contributed by atoms with Crippen LogP contribution in [0.4, 0.5) is 29.5 Å². The molecule has 0 saturated carbocycles. The number of benzene rings is 3. The molecule has 1 fully saturated rings. The molecule has 6 rings (SSSR count). The van der Waals surface area contributed by atoms with Gasteiger partial charge in [-0.3, -0.25) is 4.90 Å². The largest absolute Gasteiger partial charge is 0.442 e. The van der Waals surface area contributed by atoms with Gasteiger partial charge in [0.1, 0.15) is 36.1 Å². The Labute approximate surface area is 220 Å². The van der Waals surface area contributed by atoms with Gasteiger partial charge in [0.15, 0.2) is 5.82 Å². The van der Waals surface area contributed by atoms with E-state index in [1.807, 2.05) is 30.3 Å². The van der Waals surface area contributed by atoms with Crippen LogP contribution >= 0.6 is 0 Å². The predicted molar refractivity (Wildman–Crippen MR) is 137 cm³/mol. The fourth-order valence-electron chi connectivity index (χ4n) is 4.44. The zero-order valence-electron chi connectivity index (χ0n) is 20.2. The fraction of sp³-hybridized carbons (Fsp3) is 0.107. The summed E-state index contributed by atoms with van der Waals surface area (Å²) >= 11 is 0. The van der Waals surface area contributed by atoms with Crippen LogP contribution in [0.25, 0.3) is 28.1 Å². The number of nitrogens with one attached hydrogen (secondary N) is 1. The van der Waals surface area contributed by atoms with E-state index >= 15 is 13.2 Å². The molecule has 39 heavy (non-hydrogen) atoms. The first-order chi connectivity index (χ1) is 19.0. The lowest BCUT2D eigenvalue weighted by molar-refractivity contribution is 0.147. The van der Waals surface area contributed by atoms with Crippen LogP contribution in [0.15, 0.2) is 90.0 Å². The van der Waals surface area contributed by atoms with E-state index in [-0.39, 0.29) is 30.0 Å². The minimum Gasteiger partial charge on any atom is -0.442 e. The molecule has 196 valence electrons. The molecule has 3 heterocycles. The number of cyclic esters (lactones) is 1. The van der Waals surface area contributed by atoms with Gasteiger partial charge in [-0.25, -0.2) is 22.9 Å². The van der Waals surface area contributed by atoms with E-state index in [0.717, 1.165) is 28.7 Å². The zero-order chi connectivity index (χ0) is 26.9. The summed E-state index contributed by atoms with van der Waals surface area (Å²) in [7, 11) is 0. The molecular formula is C28H20F3N5O3. The van der Waals surface area contributed by atoms with Crippen molar-refractivity contribution < 1.29 is 27.2 Å². The Balaban J connectivity index is 1.21. The quantitative estimate of drug-likeness (QED) is 0.275. The van der Waals surface area contributed by atoms with Gasteiger partial charge >= 0.3 is 6.09 Å². The van der Waals surface area contributed by atoms with E-state index in [4.69, 9.17) is 9.26 Å². The number of rotatable bonds is 7. The van der Waals surface area contributed by atoms with E-state index in [9.17, 15) is 4.79 Å². The highest BCUT2D eigenvalue weighted by Gasteiger charge is 2.33. The molecule has 1 N–H and O–H groups in total.